The maximum atomic E-state index is 11.8. The third kappa shape index (κ3) is 2.27. The number of hydrogen-bond donors (Lipinski definition) is 0. The number of anilines is 1. The molecule has 0 radical (unpaired) electrons. The molecule has 1 heterocycles. The maximum Gasteiger partial charge on any atom is 0.228 e. The highest BCUT2D eigenvalue weighted by molar-refractivity contribution is 9.10. The van der Waals surface area contributed by atoms with E-state index in [4.69, 9.17) is 10.00 Å². The van der Waals surface area contributed by atoms with Crippen LogP contribution in [0.4, 0.5) is 5.69 Å². The summed E-state index contributed by atoms with van der Waals surface area (Å²) in [6, 6.07) is 7.58. The number of nitrogens with zero attached hydrogens (tertiary/aromatic N) is 2. The number of ether oxygens (including phenoxy) is 1. The second-order valence-corrected chi connectivity index (χ2v) is 4.71. The van der Waals surface area contributed by atoms with E-state index >= 15 is 0 Å². The van der Waals surface area contributed by atoms with Gasteiger partial charge in [-0.1, -0.05) is 0 Å². The van der Waals surface area contributed by atoms with Crippen LogP contribution < -0.4 is 9.64 Å². The van der Waals surface area contributed by atoms with E-state index in [0.717, 1.165) is 10.2 Å². The average molecular weight is 295 g/mol. The zero-order valence-corrected chi connectivity index (χ0v) is 10.9. The van der Waals surface area contributed by atoms with Gasteiger partial charge in [-0.2, -0.15) is 5.26 Å². The van der Waals surface area contributed by atoms with Crippen molar-refractivity contribution < 1.29 is 9.53 Å². The Hall–Kier alpha value is -1.54. The van der Waals surface area contributed by atoms with Gasteiger partial charge in [-0.15, -0.1) is 0 Å². The number of carbonyl (C=O) groups is 1. The van der Waals surface area contributed by atoms with Gasteiger partial charge >= 0.3 is 0 Å². The van der Waals surface area contributed by atoms with Crippen LogP contribution in [0.25, 0.3) is 0 Å². The zero-order chi connectivity index (χ0) is 12.4. The maximum absolute atomic E-state index is 11.8. The molecular formula is C12H11BrN2O2. The van der Waals surface area contributed by atoms with Gasteiger partial charge < -0.3 is 9.64 Å². The number of carbonyl (C=O) groups excluding carboxylic acids is 1. The Morgan fingerprint density at radius 3 is 2.94 bits per heavy atom. The van der Waals surface area contributed by atoms with E-state index < -0.39 is 0 Å². The lowest BCUT2D eigenvalue weighted by atomic mass is 10.1. The van der Waals surface area contributed by atoms with Crippen molar-refractivity contribution in [2.45, 2.75) is 6.42 Å². The van der Waals surface area contributed by atoms with Crippen molar-refractivity contribution in [2.24, 2.45) is 5.92 Å². The van der Waals surface area contributed by atoms with E-state index in [9.17, 15) is 4.79 Å². The summed E-state index contributed by atoms with van der Waals surface area (Å²) >= 11 is 3.41. The summed E-state index contributed by atoms with van der Waals surface area (Å²) in [4.78, 5) is 13.4. The third-order valence-electron chi connectivity index (χ3n) is 2.75. The van der Waals surface area contributed by atoms with E-state index in [0.29, 0.717) is 18.7 Å². The minimum absolute atomic E-state index is 0.0227. The SMILES string of the molecule is COc1ccc(Br)c(N2CC(C#N)CC2=O)c1. The number of hydrogen-bond acceptors (Lipinski definition) is 3. The van der Waals surface area contributed by atoms with Gasteiger partial charge in [0.1, 0.15) is 5.75 Å². The van der Waals surface area contributed by atoms with Crippen LogP contribution in [-0.2, 0) is 4.79 Å². The third-order valence-corrected chi connectivity index (χ3v) is 3.42. The van der Waals surface area contributed by atoms with Crippen molar-refractivity contribution in [3.63, 3.8) is 0 Å². The van der Waals surface area contributed by atoms with Gasteiger partial charge in [0.2, 0.25) is 5.91 Å². The molecule has 17 heavy (non-hydrogen) atoms. The summed E-state index contributed by atoms with van der Waals surface area (Å²) in [6.45, 7) is 0.446. The van der Waals surface area contributed by atoms with E-state index in [2.05, 4.69) is 22.0 Å². The van der Waals surface area contributed by atoms with Gasteiger partial charge in [0.25, 0.3) is 0 Å². The van der Waals surface area contributed by atoms with E-state index in [1.54, 1.807) is 18.1 Å². The molecule has 1 atom stereocenters. The average Bonchev–Trinajstić information content (AvgIpc) is 2.71. The predicted octanol–water partition coefficient (Wildman–Crippen LogP) is 2.33. The first-order chi connectivity index (χ1) is 8.15. The van der Waals surface area contributed by atoms with Crippen molar-refractivity contribution in [2.75, 3.05) is 18.6 Å². The molecule has 1 unspecified atom stereocenters. The van der Waals surface area contributed by atoms with Gasteiger partial charge in [0, 0.05) is 23.5 Å². The van der Waals surface area contributed by atoms with Crippen LogP contribution in [0.1, 0.15) is 6.42 Å². The number of methoxy groups -OCH3 is 1. The van der Waals surface area contributed by atoms with Crippen LogP contribution in [0, 0.1) is 17.2 Å². The first-order valence-corrected chi connectivity index (χ1v) is 5.98. The fraction of sp³-hybridized carbons (Fsp3) is 0.333. The number of rotatable bonds is 2. The number of nitriles is 1. The van der Waals surface area contributed by atoms with Crippen LogP contribution in [-0.4, -0.2) is 19.6 Å². The smallest absolute Gasteiger partial charge is 0.228 e. The van der Waals surface area contributed by atoms with Gasteiger partial charge in [-0.05, 0) is 28.1 Å². The fourth-order valence-electron chi connectivity index (χ4n) is 1.85. The summed E-state index contributed by atoms with van der Waals surface area (Å²) in [7, 11) is 1.58. The van der Waals surface area contributed by atoms with E-state index in [1.165, 1.54) is 0 Å². The molecular weight excluding hydrogens is 284 g/mol. The minimum Gasteiger partial charge on any atom is -0.497 e. The lowest BCUT2D eigenvalue weighted by molar-refractivity contribution is -0.117. The van der Waals surface area contributed by atoms with E-state index in [1.807, 2.05) is 12.1 Å². The molecule has 1 amide bonds. The molecule has 2 rings (SSSR count). The molecule has 4 nitrogen and oxygen atoms in total. The van der Waals surface area contributed by atoms with Gasteiger partial charge in [-0.25, -0.2) is 0 Å². The minimum atomic E-state index is -0.222. The lowest BCUT2D eigenvalue weighted by Gasteiger charge is -2.18. The van der Waals surface area contributed by atoms with Crippen molar-refractivity contribution in [3.05, 3.63) is 22.7 Å². The number of benzene rings is 1. The summed E-state index contributed by atoms with van der Waals surface area (Å²) in [5.41, 5.74) is 0.757. The highest BCUT2D eigenvalue weighted by atomic mass is 79.9. The largest absolute Gasteiger partial charge is 0.497 e. The van der Waals surface area contributed by atoms with Crippen molar-refractivity contribution >= 4 is 27.5 Å². The molecule has 1 aromatic rings. The van der Waals surface area contributed by atoms with Gasteiger partial charge in [0.05, 0.1) is 24.8 Å². The molecule has 5 heteroatoms. The monoisotopic (exact) mass is 294 g/mol. The molecule has 1 aliphatic heterocycles. The lowest BCUT2D eigenvalue weighted by Crippen LogP contribution is -2.24. The Labute approximate surface area is 108 Å². The van der Waals surface area contributed by atoms with Gasteiger partial charge in [0.15, 0.2) is 0 Å². The Balaban J connectivity index is 2.34. The van der Waals surface area contributed by atoms with Crippen LogP contribution in [0.2, 0.25) is 0 Å². The summed E-state index contributed by atoms with van der Waals surface area (Å²) < 4.78 is 5.96. The second kappa shape index (κ2) is 4.76. The molecule has 0 aromatic heterocycles. The van der Waals surface area contributed by atoms with Crippen LogP contribution >= 0.6 is 15.9 Å². The molecule has 0 spiro atoms. The quantitative estimate of drug-likeness (QED) is 0.841. The van der Waals surface area contributed by atoms with Crippen LogP contribution in [0.5, 0.6) is 5.75 Å². The summed E-state index contributed by atoms with van der Waals surface area (Å²) in [6.07, 6.45) is 0.292. The summed E-state index contributed by atoms with van der Waals surface area (Å²) in [5, 5.41) is 8.85. The summed E-state index contributed by atoms with van der Waals surface area (Å²) in [5.74, 6) is 0.447. The highest BCUT2D eigenvalue weighted by Crippen LogP contribution is 2.34. The van der Waals surface area contributed by atoms with Crippen molar-refractivity contribution in [1.29, 1.82) is 5.26 Å². The standard InChI is InChI=1S/C12H11BrN2O2/c1-17-9-2-3-10(13)11(5-9)15-7-8(6-14)4-12(15)16/h2-3,5,8H,4,7H2,1H3. The molecule has 88 valence electrons. The molecule has 0 aliphatic carbocycles. The molecule has 1 saturated heterocycles. The molecule has 1 aromatic carbocycles. The molecule has 1 fully saturated rings. The highest BCUT2D eigenvalue weighted by Gasteiger charge is 2.31. The Bertz CT molecular complexity index is 496. The van der Waals surface area contributed by atoms with Crippen LogP contribution in [0.15, 0.2) is 22.7 Å². The van der Waals surface area contributed by atoms with Gasteiger partial charge in [-0.3, -0.25) is 4.79 Å². The first-order valence-electron chi connectivity index (χ1n) is 5.19. The zero-order valence-electron chi connectivity index (χ0n) is 9.31. The predicted molar refractivity (Wildman–Crippen MR) is 66.8 cm³/mol. The normalized spacial score (nSPS) is 19.2. The fourth-order valence-corrected chi connectivity index (χ4v) is 2.31. The second-order valence-electron chi connectivity index (χ2n) is 3.85. The van der Waals surface area contributed by atoms with E-state index in [-0.39, 0.29) is 11.8 Å². The Morgan fingerprint density at radius 1 is 1.59 bits per heavy atom. The van der Waals surface area contributed by atoms with Crippen molar-refractivity contribution in [1.82, 2.24) is 0 Å². The number of amides is 1. The Kier molecular flexibility index (Phi) is 3.34. The number of halogens is 1. The Morgan fingerprint density at radius 2 is 2.35 bits per heavy atom. The van der Waals surface area contributed by atoms with Crippen molar-refractivity contribution in [3.8, 4) is 11.8 Å². The molecule has 0 bridgehead atoms. The molecule has 0 N–H and O–H groups in total. The molecule has 0 saturated carbocycles. The first kappa shape index (κ1) is 11.9. The molecule has 1 aliphatic rings. The van der Waals surface area contributed by atoms with Crippen LogP contribution in [0.3, 0.4) is 0 Å². The topological polar surface area (TPSA) is 53.3 Å².